The second-order valence-corrected chi connectivity index (χ2v) is 5.28. The summed E-state index contributed by atoms with van der Waals surface area (Å²) in [6, 6.07) is 9.30. The molecule has 0 heterocycles. The monoisotopic (exact) mass is 308 g/mol. The van der Waals surface area contributed by atoms with Gasteiger partial charge < -0.3 is 5.32 Å². The molecular weight excluding hydrogens is 289 g/mol. The molecule has 1 aliphatic carbocycles. The second-order valence-electron chi connectivity index (χ2n) is 5.28. The third-order valence-corrected chi connectivity index (χ3v) is 3.56. The molecule has 0 saturated heterocycles. The predicted octanol–water partition coefficient (Wildman–Crippen LogP) is 3.22. The fourth-order valence-electron chi connectivity index (χ4n) is 2.33. The standard InChI is InChI=1S/C14H19F3N2.ClH/c1-18-13(7-8-13)10-19(11-14(15,16)17)9-12-5-3-2-4-6-12;/h2-6,18H,7-11H2,1H3;1H. The number of alkyl halides is 3. The van der Waals surface area contributed by atoms with Crippen LogP contribution in [0.2, 0.25) is 0 Å². The molecule has 0 aromatic heterocycles. The van der Waals surface area contributed by atoms with Crippen LogP contribution in [0.15, 0.2) is 30.3 Å². The van der Waals surface area contributed by atoms with Gasteiger partial charge in [-0.2, -0.15) is 13.2 Å². The molecule has 0 amide bonds. The molecule has 0 unspecified atom stereocenters. The Morgan fingerprint density at radius 1 is 1.20 bits per heavy atom. The van der Waals surface area contributed by atoms with Gasteiger partial charge in [0.2, 0.25) is 0 Å². The first kappa shape index (κ1) is 17.3. The van der Waals surface area contributed by atoms with E-state index in [-0.39, 0.29) is 17.9 Å². The van der Waals surface area contributed by atoms with Crippen LogP contribution in [0.4, 0.5) is 13.2 Å². The number of nitrogens with one attached hydrogen (secondary N) is 1. The molecule has 2 nitrogen and oxygen atoms in total. The summed E-state index contributed by atoms with van der Waals surface area (Å²) in [5.41, 5.74) is 0.804. The maximum atomic E-state index is 12.6. The normalized spacial score (nSPS) is 16.9. The lowest BCUT2D eigenvalue weighted by Gasteiger charge is -2.28. The van der Waals surface area contributed by atoms with Gasteiger partial charge in [0.15, 0.2) is 0 Å². The molecule has 1 aromatic rings. The molecule has 0 spiro atoms. The van der Waals surface area contributed by atoms with Gasteiger partial charge in [0, 0.05) is 18.6 Å². The largest absolute Gasteiger partial charge is 0.401 e. The van der Waals surface area contributed by atoms with Crippen molar-refractivity contribution in [2.24, 2.45) is 0 Å². The van der Waals surface area contributed by atoms with Crippen LogP contribution in [0.25, 0.3) is 0 Å². The average Bonchev–Trinajstić information content (AvgIpc) is 3.08. The fraction of sp³-hybridized carbons (Fsp3) is 0.571. The Balaban J connectivity index is 0.00000200. The highest BCUT2D eigenvalue weighted by Gasteiger charge is 2.44. The van der Waals surface area contributed by atoms with Gasteiger partial charge in [-0.25, -0.2) is 0 Å². The smallest absolute Gasteiger partial charge is 0.313 e. The highest BCUT2D eigenvalue weighted by molar-refractivity contribution is 5.85. The molecule has 1 aliphatic rings. The van der Waals surface area contributed by atoms with Crippen molar-refractivity contribution >= 4 is 12.4 Å². The van der Waals surface area contributed by atoms with E-state index in [4.69, 9.17) is 0 Å². The number of likely N-dealkylation sites (N-methyl/N-ethyl adjacent to an activating group) is 1. The van der Waals surface area contributed by atoms with Crippen molar-refractivity contribution in [1.82, 2.24) is 10.2 Å². The lowest BCUT2D eigenvalue weighted by atomic mass is 10.2. The fourth-order valence-corrected chi connectivity index (χ4v) is 2.33. The molecule has 0 aliphatic heterocycles. The van der Waals surface area contributed by atoms with Crippen LogP contribution in [0.3, 0.4) is 0 Å². The molecular formula is C14H20ClF3N2. The summed E-state index contributed by atoms with van der Waals surface area (Å²) in [6.07, 6.45) is -2.25. The Labute approximate surface area is 123 Å². The van der Waals surface area contributed by atoms with Gasteiger partial charge in [-0.15, -0.1) is 12.4 Å². The van der Waals surface area contributed by atoms with Crippen molar-refractivity contribution in [2.45, 2.75) is 31.1 Å². The zero-order valence-corrected chi connectivity index (χ0v) is 12.2. The van der Waals surface area contributed by atoms with Crippen molar-refractivity contribution in [2.75, 3.05) is 20.1 Å². The predicted molar refractivity (Wildman–Crippen MR) is 76.0 cm³/mol. The van der Waals surface area contributed by atoms with Gasteiger partial charge in [-0.1, -0.05) is 30.3 Å². The zero-order chi connectivity index (χ0) is 13.9. The minimum absolute atomic E-state index is 0. The van der Waals surface area contributed by atoms with E-state index in [1.807, 2.05) is 37.4 Å². The summed E-state index contributed by atoms with van der Waals surface area (Å²) in [4.78, 5) is 1.48. The van der Waals surface area contributed by atoms with E-state index in [1.165, 1.54) is 4.90 Å². The number of hydrogen-bond acceptors (Lipinski definition) is 2. The lowest BCUT2D eigenvalue weighted by molar-refractivity contribution is -0.148. The summed E-state index contributed by atoms with van der Waals surface area (Å²) in [5.74, 6) is 0. The van der Waals surface area contributed by atoms with Crippen molar-refractivity contribution in [3.05, 3.63) is 35.9 Å². The molecule has 2 rings (SSSR count). The summed E-state index contributed by atoms with van der Waals surface area (Å²) in [6.45, 7) is -0.0764. The Hall–Kier alpha value is -0.780. The van der Waals surface area contributed by atoms with Crippen LogP contribution in [-0.4, -0.2) is 36.8 Å². The number of hydrogen-bond donors (Lipinski definition) is 1. The summed E-state index contributed by atoms with van der Waals surface area (Å²) >= 11 is 0. The minimum Gasteiger partial charge on any atom is -0.313 e. The van der Waals surface area contributed by atoms with Gasteiger partial charge >= 0.3 is 6.18 Å². The molecule has 114 valence electrons. The molecule has 1 fully saturated rings. The van der Waals surface area contributed by atoms with Gasteiger partial charge in [0.05, 0.1) is 6.54 Å². The Bertz CT molecular complexity index is 405. The van der Waals surface area contributed by atoms with Crippen molar-refractivity contribution in [3.8, 4) is 0 Å². The summed E-state index contributed by atoms with van der Waals surface area (Å²) in [7, 11) is 1.82. The SMILES string of the molecule is CNC1(CN(Cc2ccccc2)CC(F)(F)F)CC1.Cl. The highest BCUT2D eigenvalue weighted by atomic mass is 35.5. The van der Waals surface area contributed by atoms with Gasteiger partial charge in [0.1, 0.15) is 0 Å². The van der Waals surface area contributed by atoms with E-state index < -0.39 is 12.7 Å². The van der Waals surface area contributed by atoms with Gasteiger partial charge in [-0.05, 0) is 25.5 Å². The van der Waals surface area contributed by atoms with Crippen LogP contribution in [0, 0.1) is 0 Å². The average molecular weight is 309 g/mol. The lowest BCUT2D eigenvalue weighted by Crippen LogP contribution is -2.44. The summed E-state index contributed by atoms with van der Waals surface area (Å²) < 4.78 is 37.9. The number of benzene rings is 1. The molecule has 20 heavy (non-hydrogen) atoms. The Kier molecular flexibility index (Phi) is 5.86. The molecule has 1 N–H and O–H groups in total. The topological polar surface area (TPSA) is 15.3 Å². The number of rotatable bonds is 6. The van der Waals surface area contributed by atoms with E-state index in [0.29, 0.717) is 13.1 Å². The van der Waals surface area contributed by atoms with E-state index >= 15 is 0 Å². The number of halogens is 4. The van der Waals surface area contributed by atoms with E-state index in [0.717, 1.165) is 18.4 Å². The molecule has 0 atom stereocenters. The Morgan fingerprint density at radius 2 is 1.80 bits per heavy atom. The quantitative estimate of drug-likeness (QED) is 0.868. The van der Waals surface area contributed by atoms with Crippen LogP contribution in [0.5, 0.6) is 0 Å². The van der Waals surface area contributed by atoms with Gasteiger partial charge in [0.25, 0.3) is 0 Å². The maximum absolute atomic E-state index is 12.6. The Morgan fingerprint density at radius 3 is 2.25 bits per heavy atom. The molecule has 1 saturated carbocycles. The first-order chi connectivity index (χ1) is 8.92. The van der Waals surface area contributed by atoms with E-state index in [2.05, 4.69) is 5.32 Å². The van der Waals surface area contributed by atoms with Crippen molar-refractivity contribution in [3.63, 3.8) is 0 Å². The molecule has 1 aromatic carbocycles. The van der Waals surface area contributed by atoms with Gasteiger partial charge in [-0.3, -0.25) is 4.90 Å². The zero-order valence-electron chi connectivity index (χ0n) is 11.4. The maximum Gasteiger partial charge on any atom is 0.401 e. The third kappa shape index (κ3) is 5.31. The highest BCUT2D eigenvalue weighted by Crippen LogP contribution is 2.36. The minimum atomic E-state index is -4.15. The van der Waals surface area contributed by atoms with Crippen LogP contribution >= 0.6 is 12.4 Å². The number of nitrogens with zero attached hydrogens (tertiary/aromatic N) is 1. The van der Waals surface area contributed by atoms with Crippen molar-refractivity contribution < 1.29 is 13.2 Å². The summed E-state index contributed by atoms with van der Waals surface area (Å²) in [5, 5.41) is 3.15. The second kappa shape index (κ2) is 6.78. The van der Waals surface area contributed by atoms with E-state index in [9.17, 15) is 13.2 Å². The molecule has 6 heteroatoms. The van der Waals surface area contributed by atoms with Crippen LogP contribution in [0.1, 0.15) is 18.4 Å². The first-order valence-corrected chi connectivity index (χ1v) is 6.44. The van der Waals surface area contributed by atoms with Crippen molar-refractivity contribution in [1.29, 1.82) is 0 Å². The molecule has 0 bridgehead atoms. The van der Waals surface area contributed by atoms with E-state index in [1.54, 1.807) is 0 Å². The van der Waals surface area contributed by atoms with Crippen LogP contribution < -0.4 is 5.32 Å². The molecule has 0 radical (unpaired) electrons. The van der Waals surface area contributed by atoms with Crippen LogP contribution in [-0.2, 0) is 6.54 Å². The third-order valence-electron chi connectivity index (χ3n) is 3.56. The first-order valence-electron chi connectivity index (χ1n) is 6.44.